The fourth-order valence-corrected chi connectivity index (χ4v) is 6.73. The molecular weight excluding hydrogens is 364 g/mol. The van der Waals surface area contributed by atoms with E-state index < -0.39 is 18.0 Å². The van der Waals surface area contributed by atoms with E-state index in [9.17, 15) is 24.6 Å². The van der Waals surface area contributed by atoms with Crippen molar-refractivity contribution >= 4 is 41.3 Å². The van der Waals surface area contributed by atoms with Gasteiger partial charge >= 0.3 is 5.97 Å². The number of aliphatic carboxylic acids is 1. The Morgan fingerprint density at radius 3 is 2.76 bits per heavy atom. The third-order valence-electron chi connectivity index (χ3n) is 4.70. The van der Waals surface area contributed by atoms with Gasteiger partial charge < -0.3 is 15.1 Å². The molecule has 0 bridgehead atoms. The van der Waals surface area contributed by atoms with Gasteiger partial charge in [-0.05, 0) is 19.8 Å². The molecule has 0 aromatic carbocycles. The zero-order valence-electron chi connectivity index (χ0n) is 14.2. The molecule has 9 heteroatoms. The van der Waals surface area contributed by atoms with E-state index in [1.54, 1.807) is 6.92 Å². The first kappa shape index (κ1) is 18.6. The van der Waals surface area contributed by atoms with Crippen LogP contribution in [-0.4, -0.2) is 67.6 Å². The van der Waals surface area contributed by atoms with Crippen LogP contribution in [-0.2, 0) is 14.4 Å². The molecule has 0 radical (unpaired) electrons. The number of amides is 2. The summed E-state index contributed by atoms with van der Waals surface area (Å²) in [7, 11) is 0. The number of likely N-dealkylation sites (tertiary alicyclic amines) is 1. The molecule has 138 valence electrons. The molecule has 2 fully saturated rings. The number of carbonyl (C=O) groups excluding carboxylic acids is 2. The van der Waals surface area contributed by atoms with Crippen LogP contribution in [0.15, 0.2) is 9.93 Å². The van der Waals surface area contributed by atoms with Crippen molar-refractivity contribution in [3.8, 4) is 0 Å². The van der Waals surface area contributed by atoms with Crippen LogP contribution in [0.4, 0.5) is 0 Å². The first-order chi connectivity index (χ1) is 11.8. The first-order valence-electron chi connectivity index (χ1n) is 8.45. The molecule has 2 amide bonds. The molecular formula is C16H22N2O5S2. The van der Waals surface area contributed by atoms with Gasteiger partial charge in [0, 0.05) is 24.8 Å². The molecule has 0 aliphatic carbocycles. The Labute approximate surface area is 154 Å². The monoisotopic (exact) mass is 386 g/mol. The highest BCUT2D eigenvalue weighted by Crippen LogP contribution is 2.55. The molecule has 3 aliphatic heterocycles. The van der Waals surface area contributed by atoms with Crippen LogP contribution in [0, 0.1) is 5.92 Å². The van der Waals surface area contributed by atoms with Crippen molar-refractivity contribution in [3.05, 3.63) is 9.93 Å². The van der Waals surface area contributed by atoms with Crippen LogP contribution in [0.2, 0.25) is 0 Å². The number of carbonyl (C=O) groups is 3. The minimum Gasteiger partial charge on any atom is -0.477 e. The highest BCUT2D eigenvalue weighted by Gasteiger charge is 2.58. The zero-order chi connectivity index (χ0) is 18.3. The van der Waals surface area contributed by atoms with E-state index >= 15 is 0 Å². The number of rotatable bonds is 6. The molecule has 0 aromatic rings. The van der Waals surface area contributed by atoms with Crippen LogP contribution < -0.4 is 0 Å². The minimum atomic E-state index is -1.12. The standard InChI is InChI=1S/C16H22N2O5S2/c1-3-4-10(20)17-6-5-9(7-17)24-16-12(15(22)23)18-13(21)11(8(2)19)14(18)25-16/h8-9,11,14,19H,3-7H2,1-2H3,(H,22,23)/t8?,9?,11?,14-/m1/s1. The van der Waals surface area contributed by atoms with Crippen molar-refractivity contribution < 1.29 is 24.6 Å². The second-order valence-electron chi connectivity index (χ2n) is 6.54. The van der Waals surface area contributed by atoms with Crippen LogP contribution >= 0.6 is 23.5 Å². The molecule has 3 aliphatic rings. The predicted octanol–water partition coefficient (Wildman–Crippen LogP) is 1.29. The van der Waals surface area contributed by atoms with Gasteiger partial charge in [0.15, 0.2) is 5.70 Å². The lowest BCUT2D eigenvalue weighted by molar-refractivity contribution is -0.156. The quantitative estimate of drug-likeness (QED) is 0.664. The van der Waals surface area contributed by atoms with Gasteiger partial charge in [-0.1, -0.05) is 18.7 Å². The molecule has 0 spiro atoms. The summed E-state index contributed by atoms with van der Waals surface area (Å²) in [4.78, 5) is 39.0. The molecule has 2 N–H and O–H groups in total. The van der Waals surface area contributed by atoms with E-state index in [1.165, 1.54) is 28.4 Å². The highest BCUT2D eigenvalue weighted by molar-refractivity contribution is 8.23. The Morgan fingerprint density at radius 2 is 2.16 bits per heavy atom. The maximum atomic E-state index is 12.2. The summed E-state index contributed by atoms with van der Waals surface area (Å²) >= 11 is 2.79. The number of carboxylic acid groups (broad SMARTS) is 1. The maximum absolute atomic E-state index is 12.2. The van der Waals surface area contributed by atoms with Gasteiger partial charge in [-0.2, -0.15) is 0 Å². The topological polar surface area (TPSA) is 98.2 Å². The molecule has 25 heavy (non-hydrogen) atoms. The third kappa shape index (κ3) is 3.29. The number of aliphatic hydroxyl groups is 1. The van der Waals surface area contributed by atoms with E-state index in [-0.39, 0.29) is 28.1 Å². The summed E-state index contributed by atoms with van der Waals surface area (Å²) < 4.78 is 0.615. The fraction of sp³-hybridized carbons (Fsp3) is 0.688. The van der Waals surface area contributed by atoms with E-state index in [4.69, 9.17) is 0 Å². The number of nitrogens with zero attached hydrogens (tertiary/aromatic N) is 2. The normalized spacial score (nSPS) is 29.7. The van der Waals surface area contributed by atoms with Gasteiger partial charge in [-0.25, -0.2) is 4.79 Å². The Bertz CT molecular complexity index is 636. The maximum Gasteiger partial charge on any atom is 0.354 e. The van der Waals surface area contributed by atoms with Crippen molar-refractivity contribution in [1.82, 2.24) is 9.80 Å². The number of hydrogen-bond donors (Lipinski definition) is 2. The summed E-state index contributed by atoms with van der Waals surface area (Å²) in [6, 6.07) is 0. The van der Waals surface area contributed by atoms with Gasteiger partial charge in [0.1, 0.15) is 5.37 Å². The second kappa shape index (κ2) is 7.20. The number of β-lactam (4-membered cyclic amide) rings is 1. The predicted molar refractivity (Wildman–Crippen MR) is 95.5 cm³/mol. The summed E-state index contributed by atoms with van der Waals surface area (Å²) in [6.45, 7) is 4.83. The molecule has 2 saturated heterocycles. The lowest BCUT2D eigenvalue weighted by Gasteiger charge is -2.43. The van der Waals surface area contributed by atoms with E-state index in [0.29, 0.717) is 23.7 Å². The molecule has 0 saturated carbocycles. The van der Waals surface area contributed by atoms with Crippen molar-refractivity contribution in [1.29, 1.82) is 0 Å². The second-order valence-corrected chi connectivity index (χ2v) is 9.24. The van der Waals surface area contributed by atoms with Crippen molar-refractivity contribution in [2.45, 2.75) is 49.8 Å². The molecule has 3 heterocycles. The fourth-order valence-electron chi connectivity index (χ4n) is 3.41. The van der Waals surface area contributed by atoms with Gasteiger partial charge in [-0.3, -0.25) is 14.5 Å². The number of aliphatic hydroxyl groups excluding tert-OH is 1. The largest absolute Gasteiger partial charge is 0.477 e. The van der Waals surface area contributed by atoms with Crippen LogP contribution in [0.5, 0.6) is 0 Å². The van der Waals surface area contributed by atoms with Crippen molar-refractivity contribution in [3.63, 3.8) is 0 Å². The van der Waals surface area contributed by atoms with Gasteiger partial charge in [-0.15, -0.1) is 11.8 Å². The molecule has 7 nitrogen and oxygen atoms in total. The molecule has 0 aromatic heterocycles. The summed E-state index contributed by atoms with van der Waals surface area (Å²) in [5, 5.41) is 19.1. The van der Waals surface area contributed by atoms with E-state index in [1.807, 2.05) is 11.8 Å². The Morgan fingerprint density at radius 1 is 1.44 bits per heavy atom. The van der Waals surface area contributed by atoms with Crippen LogP contribution in [0.25, 0.3) is 0 Å². The van der Waals surface area contributed by atoms with Gasteiger partial charge in [0.2, 0.25) is 11.8 Å². The van der Waals surface area contributed by atoms with Crippen LogP contribution in [0.1, 0.15) is 33.1 Å². The van der Waals surface area contributed by atoms with Gasteiger partial charge in [0.25, 0.3) is 0 Å². The lowest BCUT2D eigenvalue weighted by atomic mass is 9.92. The molecule has 3 rings (SSSR count). The Kier molecular flexibility index (Phi) is 5.36. The highest BCUT2D eigenvalue weighted by atomic mass is 32.2. The average molecular weight is 386 g/mol. The Balaban J connectivity index is 1.69. The van der Waals surface area contributed by atoms with Crippen LogP contribution in [0.3, 0.4) is 0 Å². The SMILES string of the molecule is CCCC(=O)N1CCC(SC2=C(C(=O)O)N3C(=O)C(C(C)O)[C@H]3S2)C1. The third-order valence-corrected chi connectivity index (χ3v) is 7.56. The van der Waals surface area contributed by atoms with E-state index in [2.05, 4.69) is 0 Å². The van der Waals surface area contributed by atoms with Crippen molar-refractivity contribution in [2.24, 2.45) is 5.92 Å². The zero-order valence-corrected chi connectivity index (χ0v) is 15.8. The Hall–Kier alpha value is -1.19. The summed E-state index contributed by atoms with van der Waals surface area (Å²) in [5.74, 6) is -1.85. The number of carboxylic acids is 1. The summed E-state index contributed by atoms with van der Waals surface area (Å²) in [5.41, 5.74) is 0.0280. The smallest absolute Gasteiger partial charge is 0.354 e. The van der Waals surface area contributed by atoms with E-state index in [0.717, 1.165) is 12.8 Å². The van der Waals surface area contributed by atoms with Crippen molar-refractivity contribution in [2.75, 3.05) is 13.1 Å². The van der Waals surface area contributed by atoms with Gasteiger partial charge in [0.05, 0.1) is 16.3 Å². The minimum absolute atomic E-state index is 0.0280. The molecule has 4 atom stereocenters. The first-order valence-corrected chi connectivity index (χ1v) is 10.2. The number of thioether (sulfide) groups is 2. The average Bonchev–Trinajstić information content (AvgIpc) is 3.10. The lowest BCUT2D eigenvalue weighted by Crippen LogP contribution is -2.60. The summed E-state index contributed by atoms with van der Waals surface area (Å²) in [6.07, 6.45) is 1.37. The number of hydrogen-bond acceptors (Lipinski definition) is 6. The number of fused-ring (bicyclic) bond motifs is 1. The molecule has 3 unspecified atom stereocenters.